The van der Waals surface area contributed by atoms with Gasteiger partial charge >= 0.3 is 6.09 Å². The second-order valence-electron chi connectivity index (χ2n) is 8.87. The summed E-state index contributed by atoms with van der Waals surface area (Å²) in [6.45, 7) is 6.13. The molecule has 1 N–H and O–H groups in total. The van der Waals surface area contributed by atoms with Gasteiger partial charge in [0.15, 0.2) is 0 Å². The minimum atomic E-state index is -2.93. The molecule has 0 radical (unpaired) electrons. The molecule has 0 aromatic rings. The molecule has 27 heavy (non-hydrogen) atoms. The third-order valence-corrected chi connectivity index (χ3v) is 5.77. The van der Waals surface area contributed by atoms with Crippen molar-refractivity contribution < 1.29 is 28.3 Å². The summed E-state index contributed by atoms with van der Waals surface area (Å²) in [6.07, 6.45) is 0.376. The van der Waals surface area contributed by atoms with Crippen molar-refractivity contribution in [1.82, 2.24) is 9.80 Å². The van der Waals surface area contributed by atoms with Crippen LogP contribution in [-0.4, -0.2) is 63.3 Å². The Bertz CT molecular complexity index is 593. The van der Waals surface area contributed by atoms with Crippen LogP contribution in [0.4, 0.5) is 13.6 Å². The molecule has 1 saturated heterocycles. The van der Waals surface area contributed by atoms with Crippen molar-refractivity contribution >= 4 is 17.8 Å². The molecule has 1 aliphatic heterocycles. The summed E-state index contributed by atoms with van der Waals surface area (Å²) in [5.74, 6) is -3.68. The van der Waals surface area contributed by atoms with Crippen molar-refractivity contribution in [3.05, 3.63) is 0 Å². The quantitative estimate of drug-likeness (QED) is 0.801. The van der Waals surface area contributed by atoms with Crippen LogP contribution in [0.25, 0.3) is 0 Å². The topological polar surface area (TPSA) is 77.9 Å². The molecular weight excluding hydrogens is 358 g/mol. The van der Waals surface area contributed by atoms with Crippen LogP contribution in [0.1, 0.15) is 59.8 Å². The van der Waals surface area contributed by atoms with E-state index < -0.39 is 42.5 Å². The maximum Gasteiger partial charge on any atom is 0.408 e. The summed E-state index contributed by atoms with van der Waals surface area (Å²) in [6, 6.07) is -1.05. The second-order valence-corrected chi connectivity index (χ2v) is 8.87. The molecule has 0 spiro atoms. The summed E-state index contributed by atoms with van der Waals surface area (Å²) >= 11 is 0. The number of carbonyl (C=O) groups is 3. The minimum Gasteiger partial charge on any atom is -0.465 e. The maximum atomic E-state index is 13.6. The predicted octanol–water partition coefficient (Wildman–Crippen LogP) is 3.40. The number of carbonyl (C=O) groups excluding carboxylic acids is 2. The summed E-state index contributed by atoms with van der Waals surface area (Å²) in [7, 11) is 0. The molecule has 6 nitrogen and oxygen atoms in total. The van der Waals surface area contributed by atoms with Crippen molar-refractivity contribution in [2.24, 2.45) is 11.8 Å². The predicted molar refractivity (Wildman–Crippen MR) is 95.7 cm³/mol. The monoisotopic (exact) mass is 388 g/mol. The van der Waals surface area contributed by atoms with Crippen LogP contribution in [0.15, 0.2) is 0 Å². The average Bonchev–Trinajstić information content (AvgIpc) is 2.90. The van der Waals surface area contributed by atoms with Crippen molar-refractivity contribution in [2.75, 3.05) is 13.1 Å². The molecule has 0 unspecified atom stereocenters. The average molecular weight is 388 g/mol. The molecule has 2 aliphatic rings. The van der Waals surface area contributed by atoms with Gasteiger partial charge in [-0.1, -0.05) is 6.92 Å². The lowest BCUT2D eigenvalue weighted by Crippen LogP contribution is -2.60. The van der Waals surface area contributed by atoms with Crippen molar-refractivity contribution in [2.45, 2.75) is 77.3 Å². The highest BCUT2D eigenvalue weighted by Gasteiger charge is 2.48. The smallest absolute Gasteiger partial charge is 0.408 e. The number of ketones is 1. The third-order valence-electron chi connectivity index (χ3n) is 5.77. The first-order chi connectivity index (χ1) is 12.3. The number of rotatable bonds is 4. The SMILES string of the molecule is C[C@@H](C1CCC(=O)CC1)[C@@H](C(=O)N1CCC(F)(F)C1)N(C(=O)O)C(C)(C)C. The Morgan fingerprint density at radius 2 is 1.81 bits per heavy atom. The normalized spacial score (nSPS) is 23.2. The van der Waals surface area contributed by atoms with E-state index in [0.717, 1.165) is 9.80 Å². The molecule has 2 atom stereocenters. The lowest BCUT2D eigenvalue weighted by molar-refractivity contribution is -0.142. The first kappa shape index (κ1) is 21.6. The van der Waals surface area contributed by atoms with Crippen molar-refractivity contribution in [3.8, 4) is 0 Å². The maximum absolute atomic E-state index is 13.6. The number of hydrogen-bond donors (Lipinski definition) is 1. The molecule has 0 bridgehead atoms. The Kier molecular flexibility index (Phi) is 6.16. The molecule has 0 aromatic carbocycles. The van der Waals surface area contributed by atoms with Gasteiger partial charge in [-0.05, 0) is 45.4 Å². The summed E-state index contributed by atoms with van der Waals surface area (Å²) in [5, 5.41) is 9.82. The number of Topliss-reactive ketones (excluding diaryl/α,β-unsaturated/α-hetero) is 1. The first-order valence-corrected chi connectivity index (χ1v) is 9.54. The van der Waals surface area contributed by atoms with E-state index in [1.54, 1.807) is 27.7 Å². The molecule has 2 fully saturated rings. The van der Waals surface area contributed by atoms with Gasteiger partial charge < -0.3 is 10.0 Å². The van der Waals surface area contributed by atoms with Gasteiger partial charge in [-0.15, -0.1) is 0 Å². The van der Waals surface area contributed by atoms with Crippen LogP contribution in [-0.2, 0) is 9.59 Å². The van der Waals surface area contributed by atoms with E-state index >= 15 is 0 Å². The van der Waals surface area contributed by atoms with E-state index in [1.165, 1.54) is 0 Å². The van der Waals surface area contributed by atoms with Gasteiger partial charge in [0.2, 0.25) is 5.91 Å². The van der Waals surface area contributed by atoms with Gasteiger partial charge in [0.1, 0.15) is 11.8 Å². The number of carboxylic acid groups (broad SMARTS) is 1. The molecule has 1 heterocycles. The molecule has 1 saturated carbocycles. The van der Waals surface area contributed by atoms with Crippen LogP contribution >= 0.6 is 0 Å². The fraction of sp³-hybridized carbons (Fsp3) is 0.842. The second kappa shape index (κ2) is 7.72. The van der Waals surface area contributed by atoms with Gasteiger partial charge in [-0.25, -0.2) is 13.6 Å². The molecular formula is C19H30F2N2O4. The van der Waals surface area contributed by atoms with Crippen LogP contribution in [0, 0.1) is 11.8 Å². The zero-order valence-electron chi connectivity index (χ0n) is 16.5. The minimum absolute atomic E-state index is 0.00367. The highest BCUT2D eigenvalue weighted by molar-refractivity contribution is 5.86. The Balaban J connectivity index is 2.34. The highest BCUT2D eigenvalue weighted by Crippen LogP contribution is 2.36. The lowest BCUT2D eigenvalue weighted by Gasteiger charge is -2.45. The number of nitrogens with zero attached hydrogens (tertiary/aromatic N) is 2. The number of amides is 2. The fourth-order valence-electron chi connectivity index (χ4n) is 4.25. The van der Waals surface area contributed by atoms with Crippen LogP contribution in [0.5, 0.6) is 0 Å². The zero-order valence-corrected chi connectivity index (χ0v) is 16.5. The Morgan fingerprint density at radius 3 is 2.22 bits per heavy atom. The van der Waals surface area contributed by atoms with Crippen LogP contribution < -0.4 is 0 Å². The molecule has 154 valence electrons. The summed E-state index contributed by atoms with van der Waals surface area (Å²) < 4.78 is 27.3. The van der Waals surface area contributed by atoms with Gasteiger partial charge in [-0.3, -0.25) is 14.5 Å². The van der Waals surface area contributed by atoms with E-state index in [0.29, 0.717) is 25.7 Å². The number of halogens is 2. The number of alkyl halides is 2. The van der Waals surface area contributed by atoms with Gasteiger partial charge in [0.05, 0.1) is 6.54 Å². The molecule has 2 rings (SSSR count). The summed E-state index contributed by atoms with van der Waals surface area (Å²) in [5.41, 5.74) is -0.868. The largest absolute Gasteiger partial charge is 0.465 e. The first-order valence-electron chi connectivity index (χ1n) is 9.54. The lowest BCUT2D eigenvalue weighted by atomic mass is 9.76. The van der Waals surface area contributed by atoms with Crippen LogP contribution in [0.3, 0.4) is 0 Å². The van der Waals surface area contributed by atoms with E-state index in [2.05, 4.69) is 0 Å². The van der Waals surface area contributed by atoms with E-state index in [1.807, 2.05) is 0 Å². The van der Waals surface area contributed by atoms with E-state index in [9.17, 15) is 28.3 Å². The molecule has 8 heteroatoms. The standard InChI is InChI=1S/C19H30F2N2O4/c1-12(13-5-7-14(24)8-6-13)15(23(17(26)27)18(2,3)4)16(25)22-10-9-19(20,21)11-22/h12-13,15H,5-11H2,1-4H3,(H,26,27)/t12-,15-/m0/s1. The summed E-state index contributed by atoms with van der Waals surface area (Å²) in [4.78, 5) is 39.0. The fourth-order valence-corrected chi connectivity index (χ4v) is 4.25. The number of likely N-dealkylation sites (tertiary alicyclic amines) is 1. The van der Waals surface area contributed by atoms with E-state index in [-0.39, 0.29) is 24.2 Å². The van der Waals surface area contributed by atoms with Crippen molar-refractivity contribution in [3.63, 3.8) is 0 Å². The number of hydrogen-bond acceptors (Lipinski definition) is 3. The van der Waals surface area contributed by atoms with Gasteiger partial charge in [0.25, 0.3) is 5.92 Å². The third kappa shape index (κ3) is 4.96. The highest BCUT2D eigenvalue weighted by atomic mass is 19.3. The van der Waals surface area contributed by atoms with Gasteiger partial charge in [-0.2, -0.15) is 0 Å². The van der Waals surface area contributed by atoms with Crippen LogP contribution in [0.2, 0.25) is 0 Å². The molecule has 2 amide bonds. The Hall–Kier alpha value is -1.73. The zero-order chi connectivity index (χ0) is 20.6. The van der Waals surface area contributed by atoms with E-state index in [4.69, 9.17) is 0 Å². The van der Waals surface area contributed by atoms with Gasteiger partial charge in [0, 0.05) is 31.3 Å². The molecule has 1 aliphatic carbocycles. The molecule has 0 aromatic heterocycles. The Morgan fingerprint density at radius 1 is 1.26 bits per heavy atom. The van der Waals surface area contributed by atoms with Crippen molar-refractivity contribution in [1.29, 1.82) is 0 Å². The Labute approximate surface area is 158 Å².